The van der Waals surface area contributed by atoms with E-state index in [1.807, 2.05) is 0 Å². The largest absolute Gasteiger partial charge is 0.790 e. The predicted molar refractivity (Wildman–Crippen MR) is 105 cm³/mol. The molecule has 0 aromatic rings. The monoisotopic (exact) mass is 418 g/mol. The van der Waals surface area contributed by atoms with Gasteiger partial charge in [-0.3, -0.25) is 22.3 Å². The van der Waals surface area contributed by atoms with Gasteiger partial charge >= 0.3 is 0 Å². The van der Waals surface area contributed by atoms with E-state index in [1.54, 1.807) is 13.8 Å². The molecule has 0 heterocycles. The van der Waals surface area contributed by atoms with Gasteiger partial charge in [-0.2, -0.15) is 0 Å². The first-order valence-electron chi connectivity index (χ1n) is 7.85. The molecule has 0 aliphatic carbocycles. The minimum Gasteiger partial charge on any atom is -0.790 e. The number of hydrogen-bond acceptors (Lipinski definition) is 6. The summed E-state index contributed by atoms with van der Waals surface area (Å²) >= 11 is 3.02. The molecule has 0 aromatic heterocycles. The van der Waals surface area contributed by atoms with E-state index in [4.69, 9.17) is 22.3 Å². The molecule has 0 spiro atoms. The lowest BCUT2D eigenvalue weighted by Crippen LogP contribution is -2.43. The molecule has 0 rings (SSSR count). The fourth-order valence-electron chi connectivity index (χ4n) is 0.766. The lowest BCUT2D eigenvalue weighted by Gasteiger charge is -2.29. The summed E-state index contributed by atoms with van der Waals surface area (Å²) in [6, 6.07) is 0. The van der Waals surface area contributed by atoms with Crippen LogP contribution in [-0.4, -0.2) is 28.4 Å². The first-order chi connectivity index (χ1) is 11.2. The molecule has 0 aromatic carbocycles. The molecule has 0 amide bonds. The van der Waals surface area contributed by atoms with E-state index in [9.17, 15) is 14.4 Å². The Hall–Kier alpha value is -0.250. The molecular formula is C14H35N4O4PS2. The Labute approximate surface area is 160 Å². The van der Waals surface area contributed by atoms with Crippen molar-refractivity contribution in [1.82, 2.24) is 0 Å². The Kier molecular flexibility index (Phi) is 20.3. The van der Waals surface area contributed by atoms with E-state index < -0.39 is 7.82 Å². The second-order valence-electron chi connectivity index (χ2n) is 6.35. The van der Waals surface area contributed by atoms with Crippen LogP contribution in [0.2, 0.25) is 0 Å². The van der Waals surface area contributed by atoms with Gasteiger partial charge in [-0.15, -0.1) is 0 Å². The van der Waals surface area contributed by atoms with E-state index in [2.05, 4.69) is 32.2 Å². The number of rotatable bonds is 7. The third-order valence-corrected chi connectivity index (χ3v) is 4.53. The van der Waals surface area contributed by atoms with Gasteiger partial charge in [-0.25, -0.2) is 0 Å². The van der Waals surface area contributed by atoms with Gasteiger partial charge in [0.25, 0.3) is 10.3 Å². The molecule has 11 heteroatoms. The number of amidine groups is 2. The summed E-state index contributed by atoms with van der Waals surface area (Å²) in [5.41, 5.74) is 10.4. The van der Waals surface area contributed by atoms with Crippen molar-refractivity contribution in [3.05, 3.63) is 0 Å². The SMILES string of the molecule is CC(C)COP(=O)([O-])[O-].CC(C)CSC(N)=[NH2+].CC(C)CSC(N)=[NH2+]. The van der Waals surface area contributed by atoms with Crippen LogP contribution in [0.5, 0.6) is 0 Å². The molecule has 8 N–H and O–H groups in total. The van der Waals surface area contributed by atoms with Crippen LogP contribution in [0.25, 0.3) is 0 Å². The van der Waals surface area contributed by atoms with Crippen molar-refractivity contribution >= 4 is 41.7 Å². The van der Waals surface area contributed by atoms with Crippen molar-refractivity contribution < 1.29 is 29.7 Å². The average Bonchev–Trinajstić information content (AvgIpc) is 2.41. The minimum atomic E-state index is -4.72. The van der Waals surface area contributed by atoms with Crippen molar-refractivity contribution in [1.29, 1.82) is 0 Å². The van der Waals surface area contributed by atoms with Crippen LogP contribution < -0.4 is 32.1 Å². The second-order valence-corrected chi connectivity index (χ2v) is 9.69. The molecule has 8 nitrogen and oxygen atoms in total. The maximum absolute atomic E-state index is 9.79. The lowest BCUT2D eigenvalue weighted by atomic mass is 10.2. The quantitative estimate of drug-likeness (QED) is 0.217. The normalized spacial score (nSPS) is 10.8. The smallest absolute Gasteiger partial charge is 0.299 e. The zero-order valence-corrected chi connectivity index (χ0v) is 18.6. The zero-order chi connectivity index (χ0) is 20.6. The van der Waals surface area contributed by atoms with E-state index in [0.717, 1.165) is 11.5 Å². The number of nitrogens with two attached hydrogens (primary N) is 4. The van der Waals surface area contributed by atoms with Crippen LogP contribution in [0.4, 0.5) is 0 Å². The fraction of sp³-hybridized carbons (Fsp3) is 0.857. The van der Waals surface area contributed by atoms with Gasteiger partial charge in [-0.05, 0) is 41.3 Å². The van der Waals surface area contributed by atoms with E-state index in [-0.39, 0.29) is 12.5 Å². The molecule has 0 atom stereocenters. The third-order valence-electron chi connectivity index (χ3n) is 1.73. The maximum atomic E-state index is 9.79. The van der Waals surface area contributed by atoms with Crippen LogP contribution in [0, 0.1) is 17.8 Å². The first-order valence-corrected chi connectivity index (χ1v) is 11.3. The standard InChI is InChI=1S/2C5H12N2S.C4H11O4P/c2*1-4(2)3-8-5(6)7;1-4(2)3-8-9(5,6)7/h2*4H,3H2,1-2H3,(H3,6,7);4H,3H2,1-2H3,(H2,5,6,7). The highest BCUT2D eigenvalue weighted by Crippen LogP contribution is 2.24. The Morgan fingerprint density at radius 1 is 0.920 bits per heavy atom. The van der Waals surface area contributed by atoms with Crippen LogP contribution in [0.3, 0.4) is 0 Å². The highest BCUT2D eigenvalue weighted by molar-refractivity contribution is 8.13. The maximum Gasteiger partial charge on any atom is 0.299 e. The van der Waals surface area contributed by atoms with Crippen molar-refractivity contribution in [3.8, 4) is 0 Å². The Morgan fingerprint density at radius 2 is 1.24 bits per heavy atom. The molecule has 25 heavy (non-hydrogen) atoms. The first kappa shape index (κ1) is 29.5. The molecule has 152 valence electrons. The molecule has 0 bridgehead atoms. The number of phosphoric ester groups is 1. The molecule has 0 aliphatic heterocycles. The van der Waals surface area contributed by atoms with Crippen LogP contribution >= 0.6 is 31.3 Å². The van der Waals surface area contributed by atoms with Crippen LogP contribution in [0.15, 0.2) is 0 Å². The van der Waals surface area contributed by atoms with Crippen LogP contribution in [0.1, 0.15) is 41.5 Å². The second kappa shape index (κ2) is 17.2. The summed E-state index contributed by atoms with van der Waals surface area (Å²) in [4.78, 5) is 19.6. The Balaban J connectivity index is -0.000000291. The van der Waals surface area contributed by atoms with Gasteiger partial charge in [0.15, 0.2) is 0 Å². The minimum absolute atomic E-state index is 0.0235. The Bertz CT molecular complexity index is 382. The Morgan fingerprint density at radius 3 is 1.32 bits per heavy atom. The third kappa shape index (κ3) is 45.3. The van der Waals surface area contributed by atoms with Gasteiger partial charge in [0, 0.05) is 11.5 Å². The molecule has 0 saturated carbocycles. The summed E-state index contributed by atoms with van der Waals surface area (Å²) in [6.07, 6.45) is 0. The number of thioether (sulfide) groups is 2. The zero-order valence-electron chi connectivity index (χ0n) is 16.1. The molecular weight excluding hydrogens is 383 g/mol. The van der Waals surface area contributed by atoms with Gasteiger partial charge in [0.05, 0.1) is 14.4 Å². The molecule has 0 fully saturated rings. The summed E-state index contributed by atoms with van der Waals surface area (Å²) in [5, 5.41) is 11.3. The highest BCUT2D eigenvalue weighted by Gasteiger charge is 1.98. The van der Waals surface area contributed by atoms with Crippen molar-refractivity contribution in [2.75, 3.05) is 18.1 Å². The van der Waals surface area contributed by atoms with Gasteiger partial charge in [0.1, 0.15) is 0 Å². The van der Waals surface area contributed by atoms with Gasteiger partial charge in [0.2, 0.25) is 0 Å². The van der Waals surface area contributed by atoms with E-state index in [1.165, 1.54) is 23.5 Å². The van der Waals surface area contributed by atoms with Crippen LogP contribution in [-0.2, 0) is 9.09 Å². The lowest BCUT2D eigenvalue weighted by molar-refractivity contribution is -0.342. The van der Waals surface area contributed by atoms with Gasteiger partial charge in [-0.1, -0.05) is 41.5 Å². The summed E-state index contributed by atoms with van der Waals surface area (Å²) < 4.78 is 13.7. The average molecular weight is 419 g/mol. The topological polar surface area (TPSA) is 176 Å². The summed E-state index contributed by atoms with van der Waals surface area (Å²) in [6.45, 7) is 12.0. The molecule has 0 saturated heterocycles. The van der Waals surface area contributed by atoms with Crippen molar-refractivity contribution in [3.63, 3.8) is 0 Å². The number of phosphoric acid groups is 1. The molecule has 0 radical (unpaired) electrons. The van der Waals surface area contributed by atoms with Crippen molar-refractivity contribution in [2.45, 2.75) is 41.5 Å². The fourth-order valence-corrected chi connectivity index (χ4v) is 2.30. The molecule has 0 unspecified atom stereocenters. The van der Waals surface area contributed by atoms with Gasteiger partial charge < -0.3 is 18.9 Å². The highest BCUT2D eigenvalue weighted by atomic mass is 32.2. The predicted octanol–water partition coefficient (Wildman–Crippen LogP) is -1.61. The summed E-state index contributed by atoms with van der Waals surface area (Å²) in [7, 11) is -4.72. The van der Waals surface area contributed by atoms with E-state index in [0.29, 0.717) is 22.2 Å². The molecule has 0 aliphatic rings. The van der Waals surface area contributed by atoms with E-state index >= 15 is 0 Å². The summed E-state index contributed by atoms with van der Waals surface area (Å²) in [5.74, 6) is 3.44. The number of hydrogen-bond donors (Lipinski definition) is 4. The van der Waals surface area contributed by atoms with Crippen molar-refractivity contribution in [2.24, 2.45) is 29.2 Å².